The molecule has 0 aliphatic carbocycles. The third kappa shape index (κ3) is 3.75. The molecule has 0 saturated carbocycles. The number of carbonyl (C=O) groups is 1. The zero-order valence-corrected chi connectivity index (χ0v) is 17.2. The summed E-state index contributed by atoms with van der Waals surface area (Å²) in [5, 5.41) is 0.932. The maximum absolute atomic E-state index is 12.9. The Balaban J connectivity index is 1.48. The van der Waals surface area contributed by atoms with Crippen LogP contribution < -0.4 is 19.1 Å². The first-order chi connectivity index (χ1) is 14.1. The van der Waals surface area contributed by atoms with Gasteiger partial charge in [0.05, 0.1) is 26.0 Å². The first-order valence-electron chi connectivity index (χ1n) is 9.07. The van der Waals surface area contributed by atoms with E-state index in [0.717, 1.165) is 21.1 Å². The van der Waals surface area contributed by atoms with Crippen LogP contribution in [0.4, 0.5) is 5.13 Å². The maximum Gasteiger partial charge on any atom is 0.320 e. The highest BCUT2D eigenvalue weighted by Gasteiger charge is 2.26. The van der Waals surface area contributed by atoms with E-state index in [1.807, 2.05) is 18.2 Å². The first-order valence-corrected chi connectivity index (χ1v) is 9.89. The van der Waals surface area contributed by atoms with E-state index >= 15 is 0 Å². The number of rotatable bonds is 5. The Morgan fingerprint density at radius 3 is 2.48 bits per heavy atom. The molecule has 0 N–H and O–H groups in total. The van der Waals surface area contributed by atoms with Gasteiger partial charge >= 0.3 is 6.01 Å². The van der Waals surface area contributed by atoms with Gasteiger partial charge in [-0.2, -0.15) is 9.97 Å². The van der Waals surface area contributed by atoms with Gasteiger partial charge in [-0.25, -0.2) is 4.98 Å². The SMILES string of the molecule is COc1cc(C(=O)N2CCN(c3nc4c(OC)cccc4s3)CC2)nc(OC)n1. The standard InChI is InChI=1S/C19H21N5O4S/c1-26-13-5-4-6-14-16(13)22-19(29-14)24-9-7-23(8-10-24)17(25)12-11-15(27-2)21-18(20-12)28-3/h4-6,11H,7-10H2,1-3H3. The molecule has 9 nitrogen and oxygen atoms in total. The third-order valence-electron chi connectivity index (χ3n) is 4.72. The quantitative estimate of drug-likeness (QED) is 0.626. The van der Waals surface area contributed by atoms with E-state index in [4.69, 9.17) is 19.2 Å². The van der Waals surface area contributed by atoms with Crippen molar-refractivity contribution in [2.45, 2.75) is 0 Å². The van der Waals surface area contributed by atoms with Crippen LogP contribution in [0.25, 0.3) is 10.2 Å². The largest absolute Gasteiger partial charge is 0.494 e. The number of aromatic nitrogens is 3. The van der Waals surface area contributed by atoms with Crippen molar-refractivity contribution in [2.24, 2.45) is 0 Å². The number of para-hydroxylation sites is 1. The summed E-state index contributed by atoms with van der Waals surface area (Å²) in [7, 11) is 4.59. The van der Waals surface area contributed by atoms with Crippen LogP contribution in [-0.4, -0.2) is 73.3 Å². The molecule has 0 unspecified atom stereocenters. The zero-order chi connectivity index (χ0) is 20.4. The number of nitrogens with zero attached hydrogens (tertiary/aromatic N) is 5. The Morgan fingerprint density at radius 2 is 1.79 bits per heavy atom. The third-order valence-corrected chi connectivity index (χ3v) is 5.80. The number of carbonyl (C=O) groups excluding carboxylic acids is 1. The lowest BCUT2D eigenvalue weighted by molar-refractivity contribution is 0.0739. The molecule has 0 radical (unpaired) electrons. The number of hydrogen-bond acceptors (Lipinski definition) is 9. The Hall–Kier alpha value is -3.14. The summed E-state index contributed by atoms with van der Waals surface area (Å²) >= 11 is 1.63. The van der Waals surface area contributed by atoms with Crippen molar-refractivity contribution in [1.29, 1.82) is 0 Å². The fourth-order valence-electron chi connectivity index (χ4n) is 3.18. The highest BCUT2D eigenvalue weighted by molar-refractivity contribution is 7.22. The van der Waals surface area contributed by atoms with Crippen molar-refractivity contribution in [1.82, 2.24) is 19.9 Å². The van der Waals surface area contributed by atoms with Crippen LogP contribution in [0.5, 0.6) is 17.6 Å². The molecule has 1 fully saturated rings. The van der Waals surface area contributed by atoms with Crippen LogP contribution in [0.3, 0.4) is 0 Å². The molecule has 1 aliphatic heterocycles. The summed E-state index contributed by atoms with van der Waals surface area (Å²) in [6.07, 6.45) is 0. The second-order valence-electron chi connectivity index (χ2n) is 6.36. The monoisotopic (exact) mass is 415 g/mol. The molecular formula is C19H21N5O4S. The van der Waals surface area contributed by atoms with Crippen molar-refractivity contribution < 1.29 is 19.0 Å². The van der Waals surface area contributed by atoms with Crippen LogP contribution in [-0.2, 0) is 0 Å². The van der Waals surface area contributed by atoms with Crippen molar-refractivity contribution in [3.05, 3.63) is 30.0 Å². The minimum absolute atomic E-state index is 0.106. The average molecular weight is 415 g/mol. The minimum atomic E-state index is -0.172. The topological polar surface area (TPSA) is 89.9 Å². The van der Waals surface area contributed by atoms with Crippen molar-refractivity contribution in [3.8, 4) is 17.6 Å². The molecule has 2 aromatic heterocycles. The number of amides is 1. The van der Waals surface area contributed by atoms with Crippen molar-refractivity contribution in [3.63, 3.8) is 0 Å². The number of hydrogen-bond donors (Lipinski definition) is 0. The maximum atomic E-state index is 12.9. The van der Waals surface area contributed by atoms with E-state index in [1.54, 1.807) is 23.3 Å². The highest BCUT2D eigenvalue weighted by Crippen LogP contribution is 2.34. The van der Waals surface area contributed by atoms with Gasteiger partial charge in [0, 0.05) is 32.2 Å². The van der Waals surface area contributed by atoms with Crippen molar-refractivity contribution in [2.75, 3.05) is 52.4 Å². The Kier molecular flexibility index (Phi) is 5.34. The van der Waals surface area contributed by atoms with E-state index in [1.165, 1.54) is 20.3 Å². The van der Waals surface area contributed by atoms with Crippen LogP contribution in [0.1, 0.15) is 10.5 Å². The van der Waals surface area contributed by atoms with E-state index in [-0.39, 0.29) is 17.6 Å². The summed E-state index contributed by atoms with van der Waals surface area (Å²) in [6, 6.07) is 7.54. The van der Waals surface area contributed by atoms with E-state index in [9.17, 15) is 4.79 Å². The highest BCUT2D eigenvalue weighted by atomic mass is 32.1. The van der Waals surface area contributed by atoms with Gasteiger partial charge < -0.3 is 24.0 Å². The summed E-state index contributed by atoms with van der Waals surface area (Å²) in [5.41, 5.74) is 1.13. The number of thiazole rings is 1. The fourth-order valence-corrected chi connectivity index (χ4v) is 4.22. The Labute approximate surface area is 171 Å². The molecule has 152 valence electrons. The van der Waals surface area contributed by atoms with Crippen LogP contribution >= 0.6 is 11.3 Å². The zero-order valence-electron chi connectivity index (χ0n) is 16.4. The molecule has 1 saturated heterocycles. The van der Waals surface area contributed by atoms with Crippen LogP contribution in [0, 0.1) is 0 Å². The molecule has 29 heavy (non-hydrogen) atoms. The molecule has 10 heteroatoms. The normalized spacial score (nSPS) is 14.2. The number of anilines is 1. The van der Waals surface area contributed by atoms with E-state index in [2.05, 4.69) is 14.9 Å². The van der Waals surface area contributed by atoms with Crippen molar-refractivity contribution >= 4 is 32.6 Å². The summed E-state index contributed by atoms with van der Waals surface area (Å²) in [5.74, 6) is 0.891. The van der Waals surface area contributed by atoms with Crippen LogP contribution in [0.15, 0.2) is 24.3 Å². The van der Waals surface area contributed by atoms with Gasteiger partial charge in [-0.05, 0) is 12.1 Å². The smallest absolute Gasteiger partial charge is 0.320 e. The summed E-state index contributed by atoms with van der Waals surface area (Å²) in [6.45, 7) is 2.52. The molecule has 4 rings (SSSR count). The molecule has 0 atom stereocenters. The van der Waals surface area contributed by atoms with Gasteiger partial charge in [-0.15, -0.1) is 0 Å². The average Bonchev–Trinajstić information content (AvgIpc) is 3.22. The van der Waals surface area contributed by atoms with Gasteiger partial charge in [0.1, 0.15) is 17.0 Å². The predicted molar refractivity (Wildman–Crippen MR) is 109 cm³/mol. The van der Waals surface area contributed by atoms with Gasteiger partial charge in [0.2, 0.25) is 5.88 Å². The molecule has 0 bridgehead atoms. The Morgan fingerprint density at radius 1 is 1.00 bits per heavy atom. The van der Waals surface area contributed by atoms with Gasteiger partial charge in [0.15, 0.2) is 5.13 Å². The molecule has 0 spiro atoms. The number of fused-ring (bicyclic) bond motifs is 1. The Bertz CT molecular complexity index is 1010. The van der Waals surface area contributed by atoms with Gasteiger partial charge in [-0.3, -0.25) is 4.79 Å². The van der Waals surface area contributed by atoms with E-state index in [0.29, 0.717) is 32.1 Å². The molecule has 1 aliphatic rings. The molecular weight excluding hydrogens is 394 g/mol. The van der Waals surface area contributed by atoms with Gasteiger partial charge in [0.25, 0.3) is 5.91 Å². The lowest BCUT2D eigenvalue weighted by atomic mass is 10.2. The van der Waals surface area contributed by atoms with Crippen LogP contribution in [0.2, 0.25) is 0 Å². The number of ether oxygens (including phenoxy) is 3. The molecule has 3 aromatic rings. The second kappa shape index (κ2) is 8.08. The second-order valence-corrected chi connectivity index (χ2v) is 7.37. The van der Waals surface area contributed by atoms with Gasteiger partial charge in [-0.1, -0.05) is 17.4 Å². The number of piperazine rings is 1. The lowest BCUT2D eigenvalue weighted by Crippen LogP contribution is -2.49. The molecule has 3 heterocycles. The summed E-state index contributed by atoms with van der Waals surface area (Å²) in [4.78, 5) is 29.8. The number of methoxy groups -OCH3 is 3. The lowest BCUT2D eigenvalue weighted by Gasteiger charge is -2.34. The van der Waals surface area contributed by atoms with E-state index < -0.39 is 0 Å². The molecule has 1 aromatic carbocycles. The molecule has 1 amide bonds. The first kappa shape index (κ1) is 19.2. The predicted octanol–water partition coefficient (Wildman–Crippen LogP) is 2.07. The summed E-state index contributed by atoms with van der Waals surface area (Å²) < 4.78 is 16.7. The minimum Gasteiger partial charge on any atom is -0.494 e. The number of benzene rings is 1. The fraction of sp³-hybridized carbons (Fsp3) is 0.368.